The van der Waals surface area contributed by atoms with Gasteiger partial charge in [0.2, 0.25) is 0 Å². The fourth-order valence-electron chi connectivity index (χ4n) is 1.61. The van der Waals surface area contributed by atoms with Crippen molar-refractivity contribution in [2.45, 2.75) is 19.0 Å². The Hall–Kier alpha value is -0.100. The van der Waals surface area contributed by atoms with Crippen LogP contribution in [-0.4, -0.2) is 35.0 Å². The molecule has 0 spiro atoms. The minimum atomic E-state index is 0.109. The molecule has 3 nitrogen and oxygen atoms in total. The first-order valence-corrected chi connectivity index (χ1v) is 7.15. The molecule has 0 saturated carbocycles. The highest BCUT2D eigenvalue weighted by atomic mass is 32.2. The Balaban J connectivity index is 2.13. The normalized spacial score (nSPS) is 25.4. The number of nitrogens with two attached hydrogens (primary N) is 1. The van der Waals surface area contributed by atoms with Gasteiger partial charge in [0.25, 0.3) is 0 Å². The van der Waals surface area contributed by atoms with Crippen LogP contribution >= 0.6 is 23.1 Å². The number of aromatic nitrogens is 1. The summed E-state index contributed by atoms with van der Waals surface area (Å²) in [5.74, 6) is 2.39. The van der Waals surface area contributed by atoms with Gasteiger partial charge in [-0.1, -0.05) is 0 Å². The Morgan fingerprint density at radius 3 is 3.07 bits per heavy atom. The van der Waals surface area contributed by atoms with E-state index in [0.29, 0.717) is 6.04 Å². The molecule has 15 heavy (non-hydrogen) atoms. The number of nitrogens with zero attached hydrogens (tertiary/aromatic N) is 2. The molecule has 2 rings (SSSR count). The van der Waals surface area contributed by atoms with Gasteiger partial charge in [-0.2, -0.15) is 11.8 Å². The molecular weight excluding hydrogens is 226 g/mol. The van der Waals surface area contributed by atoms with Crippen molar-refractivity contribution in [3.8, 4) is 0 Å². The van der Waals surface area contributed by atoms with E-state index in [0.717, 1.165) is 12.3 Å². The Bertz CT molecular complexity index is 324. The standard InChI is InChI=1S/C10H17N3S2/c1-7(11)9-5-12-10(15-9)8-6-14-4-3-13(8)2/h5,7-8H,3-4,6,11H2,1-2H3. The third-order valence-corrected chi connectivity index (χ3v) is 4.99. The van der Waals surface area contributed by atoms with Gasteiger partial charge in [0.1, 0.15) is 5.01 Å². The molecule has 1 saturated heterocycles. The molecule has 1 aromatic rings. The lowest BCUT2D eigenvalue weighted by molar-refractivity contribution is 0.274. The summed E-state index contributed by atoms with van der Waals surface area (Å²) < 4.78 is 0. The molecule has 2 unspecified atom stereocenters. The number of thiazole rings is 1. The average Bonchev–Trinajstić information content (AvgIpc) is 2.67. The van der Waals surface area contributed by atoms with Crippen LogP contribution in [0.25, 0.3) is 0 Å². The van der Waals surface area contributed by atoms with Crippen LogP contribution in [0.4, 0.5) is 0 Å². The van der Waals surface area contributed by atoms with Gasteiger partial charge in [0, 0.05) is 35.2 Å². The second kappa shape index (κ2) is 4.82. The molecule has 0 bridgehead atoms. The van der Waals surface area contributed by atoms with E-state index < -0.39 is 0 Å². The van der Waals surface area contributed by atoms with Crippen LogP contribution in [0.5, 0.6) is 0 Å². The maximum atomic E-state index is 5.84. The summed E-state index contributed by atoms with van der Waals surface area (Å²) in [7, 11) is 2.18. The zero-order chi connectivity index (χ0) is 10.8. The maximum absolute atomic E-state index is 5.84. The molecule has 1 aliphatic heterocycles. The van der Waals surface area contributed by atoms with E-state index in [-0.39, 0.29) is 6.04 Å². The Morgan fingerprint density at radius 1 is 1.67 bits per heavy atom. The maximum Gasteiger partial charge on any atom is 0.111 e. The van der Waals surface area contributed by atoms with Crippen LogP contribution in [0.2, 0.25) is 0 Å². The zero-order valence-electron chi connectivity index (χ0n) is 9.14. The summed E-state index contributed by atoms with van der Waals surface area (Å²) in [4.78, 5) is 8.07. The van der Waals surface area contributed by atoms with Crippen molar-refractivity contribution in [3.05, 3.63) is 16.1 Å². The minimum Gasteiger partial charge on any atom is -0.323 e. The van der Waals surface area contributed by atoms with Crippen molar-refractivity contribution in [2.24, 2.45) is 5.73 Å². The quantitative estimate of drug-likeness (QED) is 0.861. The summed E-state index contributed by atoms with van der Waals surface area (Å²) >= 11 is 3.77. The molecule has 2 atom stereocenters. The Labute approximate surface area is 99.1 Å². The molecule has 0 radical (unpaired) electrons. The van der Waals surface area contributed by atoms with Crippen LogP contribution in [0.1, 0.15) is 28.9 Å². The van der Waals surface area contributed by atoms with Crippen molar-refractivity contribution in [1.29, 1.82) is 0 Å². The lowest BCUT2D eigenvalue weighted by Crippen LogP contribution is -2.32. The lowest BCUT2D eigenvalue weighted by Gasteiger charge is -2.30. The molecule has 0 aromatic carbocycles. The highest BCUT2D eigenvalue weighted by Gasteiger charge is 2.24. The fraction of sp³-hybridized carbons (Fsp3) is 0.700. The summed E-state index contributed by atoms with van der Waals surface area (Å²) in [6.45, 7) is 3.17. The second-order valence-electron chi connectivity index (χ2n) is 3.96. The first-order valence-electron chi connectivity index (χ1n) is 5.17. The summed E-state index contributed by atoms with van der Waals surface area (Å²) in [6.07, 6.45) is 1.93. The molecule has 2 heterocycles. The van der Waals surface area contributed by atoms with E-state index in [1.807, 2.05) is 24.9 Å². The van der Waals surface area contributed by atoms with E-state index in [1.165, 1.54) is 15.6 Å². The molecule has 1 aromatic heterocycles. The first-order chi connectivity index (χ1) is 7.18. The van der Waals surface area contributed by atoms with E-state index in [2.05, 4.69) is 16.9 Å². The van der Waals surface area contributed by atoms with Crippen LogP contribution in [-0.2, 0) is 0 Å². The number of hydrogen-bond acceptors (Lipinski definition) is 5. The van der Waals surface area contributed by atoms with Gasteiger partial charge in [0.05, 0.1) is 6.04 Å². The molecule has 1 aliphatic rings. The summed E-state index contributed by atoms with van der Waals surface area (Å²) in [5.41, 5.74) is 5.84. The fourth-order valence-corrected chi connectivity index (χ4v) is 3.97. The van der Waals surface area contributed by atoms with Gasteiger partial charge in [-0.25, -0.2) is 4.98 Å². The number of thioether (sulfide) groups is 1. The smallest absolute Gasteiger partial charge is 0.111 e. The van der Waals surface area contributed by atoms with Crippen LogP contribution in [0.15, 0.2) is 6.20 Å². The van der Waals surface area contributed by atoms with Gasteiger partial charge in [-0.3, -0.25) is 4.90 Å². The van der Waals surface area contributed by atoms with Gasteiger partial charge in [0.15, 0.2) is 0 Å². The van der Waals surface area contributed by atoms with Crippen LogP contribution in [0, 0.1) is 0 Å². The highest BCUT2D eigenvalue weighted by molar-refractivity contribution is 7.99. The minimum absolute atomic E-state index is 0.109. The average molecular weight is 243 g/mol. The predicted octanol–water partition coefficient (Wildman–Crippen LogP) is 1.88. The van der Waals surface area contributed by atoms with E-state index in [9.17, 15) is 0 Å². The summed E-state index contributed by atoms with van der Waals surface area (Å²) in [6, 6.07) is 0.596. The van der Waals surface area contributed by atoms with Gasteiger partial charge in [-0.05, 0) is 14.0 Å². The van der Waals surface area contributed by atoms with E-state index in [1.54, 1.807) is 11.3 Å². The van der Waals surface area contributed by atoms with Gasteiger partial charge in [-0.15, -0.1) is 11.3 Å². The monoisotopic (exact) mass is 243 g/mol. The van der Waals surface area contributed by atoms with Crippen LogP contribution < -0.4 is 5.73 Å². The molecule has 84 valence electrons. The third kappa shape index (κ3) is 2.53. The molecule has 1 fully saturated rings. The largest absolute Gasteiger partial charge is 0.323 e. The third-order valence-electron chi connectivity index (χ3n) is 2.67. The van der Waals surface area contributed by atoms with Crippen molar-refractivity contribution in [2.75, 3.05) is 25.1 Å². The lowest BCUT2D eigenvalue weighted by atomic mass is 10.3. The Kier molecular flexibility index (Phi) is 3.66. The van der Waals surface area contributed by atoms with Crippen molar-refractivity contribution < 1.29 is 0 Å². The molecule has 0 aliphatic carbocycles. The molecule has 2 N–H and O–H groups in total. The predicted molar refractivity (Wildman–Crippen MR) is 67.4 cm³/mol. The Morgan fingerprint density at radius 2 is 2.47 bits per heavy atom. The van der Waals surface area contributed by atoms with Crippen molar-refractivity contribution in [3.63, 3.8) is 0 Å². The molecule has 0 amide bonds. The van der Waals surface area contributed by atoms with Crippen molar-refractivity contribution in [1.82, 2.24) is 9.88 Å². The molecule has 5 heteroatoms. The van der Waals surface area contributed by atoms with E-state index in [4.69, 9.17) is 5.73 Å². The zero-order valence-corrected chi connectivity index (χ0v) is 10.8. The van der Waals surface area contributed by atoms with Gasteiger partial charge >= 0.3 is 0 Å². The topological polar surface area (TPSA) is 42.1 Å². The van der Waals surface area contributed by atoms with E-state index >= 15 is 0 Å². The highest BCUT2D eigenvalue weighted by Crippen LogP contribution is 2.32. The second-order valence-corrected chi connectivity index (χ2v) is 6.20. The molecular formula is C10H17N3S2. The van der Waals surface area contributed by atoms with Gasteiger partial charge < -0.3 is 5.73 Å². The number of rotatable bonds is 2. The SMILES string of the molecule is CC(N)c1cnc(C2CSCCN2C)s1. The first kappa shape index (κ1) is 11.4. The summed E-state index contributed by atoms with van der Waals surface area (Å²) in [5, 5.41) is 1.22. The number of hydrogen-bond donors (Lipinski definition) is 1. The van der Waals surface area contributed by atoms with Crippen molar-refractivity contribution >= 4 is 23.1 Å². The van der Waals surface area contributed by atoms with Crippen LogP contribution in [0.3, 0.4) is 0 Å².